The molecule has 1 aliphatic carbocycles. The molecule has 0 bridgehead atoms. The Morgan fingerprint density at radius 2 is 2.09 bits per heavy atom. The van der Waals surface area contributed by atoms with Gasteiger partial charge in [0.1, 0.15) is 5.82 Å². The Morgan fingerprint density at radius 3 is 2.77 bits per heavy atom. The number of carbonyl (C=O) groups excluding carboxylic acids is 1. The first-order valence-electron chi connectivity index (χ1n) is 7.70. The molecule has 5 nitrogen and oxygen atoms in total. The summed E-state index contributed by atoms with van der Waals surface area (Å²) in [4.78, 5) is 11.8. The summed E-state index contributed by atoms with van der Waals surface area (Å²) in [6.45, 7) is 2.76. The van der Waals surface area contributed by atoms with E-state index in [1.54, 1.807) is 0 Å². The molecule has 1 heterocycles. The van der Waals surface area contributed by atoms with Gasteiger partial charge in [-0.3, -0.25) is 9.36 Å². The molecule has 116 valence electrons. The second-order valence-electron chi connectivity index (χ2n) is 5.42. The third-order valence-corrected chi connectivity index (χ3v) is 4.45. The maximum absolute atomic E-state index is 11.8. The molecule has 22 heavy (non-hydrogen) atoms. The molecule has 1 saturated carbocycles. The highest BCUT2D eigenvalue weighted by Gasteiger charge is 2.31. The first-order valence-corrected chi connectivity index (χ1v) is 8.68. The summed E-state index contributed by atoms with van der Waals surface area (Å²) in [5.74, 6) is 1.94. The van der Waals surface area contributed by atoms with Crippen LogP contribution in [0.3, 0.4) is 0 Å². The Hall–Kier alpha value is -1.82. The van der Waals surface area contributed by atoms with E-state index in [0.29, 0.717) is 11.7 Å². The molecule has 1 aromatic carbocycles. The zero-order valence-corrected chi connectivity index (χ0v) is 13.5. The molecule has 6 heteroatoms. The fraction of sp³-hybridized carbons (Fsp3) is 0.438. The fourth-order valence-electron chi connectivity index (χ4n) is 2.25. The number of carbonyl (C=O) groups is 1. The molecule has 0 atom stereocenters. The van der Waals surface area contributed by atoms with Crippen LogP contribution in [0.1, 0.15) is 37.9 Å². The number of hydrogen-bond donors (Lipinski definition) is 1. The van der Waals surface area contributed by atoms with Gasteiger partial charge in [0.25, 0.3) is 0 Å². The van der Waals surface area contributed by atoms with Crippen molar-refractivity contribution in [3.05, 3.63) is 36.2 Å². The average Bonchev–Trinajstić information content (AvgIpc) is 3.31. The van der Waals surface area contributed by atoms with E-state index in [0.717, 1.165) is 29.6 Å². The van der Waals surface area contributed by atoms with E-state index in [-0.39, 0.29) is 5.91 Å². The molecular weight excluding hydrogens is 296 g/mol. The normalized spacial score (nSPS) is 14.0. The van der Waals surface area contributed by atoms with Crippen LogP contribution in [0, 0.1) is 0 Å². The van der Waals surface area contributed by atoms with Crippen molar-refractivity contribution in [1.82, 2.24) is 20.1 Å². The van der Waals surface area contributed by atoms with Crippen molar-refractivity contribution in [2.75, 3.05) is 12.3 Å². The molecular formula is C16H20N4OS. The van der Waals surface area contributed by atoms with Crippen LogP contribution in [0.2, 0.25) is 0 Å². The lowest BCUT2D eigenvalue weighted by molar-refractivity contribution is -0.118. The van der Waals surface area contributed by atoms with E-state index in [2.05, 4.69) is 32.2 Å². The van der Waals surface area contributed by atoms with E-state index in [4.69, 9.17) is 0 Å². The van der Waals surface area contributed by atoms with Crippen LogP contribution in [-0.2, 0) is 4.79 Å². The number of nitrogens with one attached hydrogen (secondary N) is 1. The lowest BCUT2D eigenvalue weighted by Gasteiger charge is -2.09. The van der Waals surface area contributed by atoms with Crippen LogP contribution in [0.15, 0.2) is 35.5 Å². The second kappa shape index (κ2) is 6.96. The van der Waals surface area contributed by atoms with Gasteiger partial charge in [-0.2, -0.15) is 0 Å². The molecule has 0 radical (unpaired) electrons. The highest BCUT2D eigenvalue weighted by Crippen LogP contribution is 2.41. The van der Waals surface area contributed by atoms with Crippen LogP contribution >= 0.6 is 11.8 Å². The van der Waals surface area contributed by atoms with Gasteiger partial charge in [-0.1, -0.05) is 36.9 Å². The van der Waals surface area contributed by atoms with Crippen LogP contribution in [0.25, 0.3) is 5.69 Å². The quantitative estimate of drug-likeness (QED) is 0.798. The zero-order valence-electron chi connectivity index (χ0n) is 12.7. The number of thioether (sulfide) groups is 1. The van der Waals surface area contributed by atoms with E-state index >= 15 is 0 Å². The summed E-state index contributed by atoms with van der Waals surface area (Å²) >= 11 is 1.44. The second-order valence-corrected chi connectivity index (χ2v) is 6.37. The largest absolute Gasteiger partial charge is 0.355 e. The summed E-state index contributed by atoms with van der Waals surface area (Å²) in [6, 6.07) is 10.1. The van der Waals surface area contributed by atoms with Gasteiger partial charge in [0, 0.05) is 18.2 Å². The minimum Gasteiger partial charge on any atom is -0.355 e. The van der Waals surface area contributed by atoms with Gasteiger partial charge in [-0.05, 0) is 31.4 Å². The summed E-state index contributed by atoms with van der Waals surface area (Å²) in [7, 11) is 0. The standard InChI is InChI=1S/C16H20N4OS/c1-2-10-17-14(21)11-22-16-19-18-15(12-8-9-12)20(16)13-6-4-3-5-7-13/h3-7,12H,2,8-11H2,1H3,(H,17,21). The smallest absolute Gasteiger partial charge is 0.230 e. The molecule has 1 amide bonds. The lowest BCUT2D eigenvalue weighted by atomic mass is 10.3. The maximum atomic E-state index is 11.8. The van der Waals surface area contributed by atoms with Gasteiger partial charge in [-0.15, -0.1) is 10.2 Å². The first kappa shape index (κ1) is 15.1. The lowest BCUT2D eigenvalue weighted by Crippen LogP contribution is -2.25. The van der Waals surface area contributed by atoms with Crippen molar-refractivity contribution >= 4 is 17.7 Å². The van der Waals surface area contributed by atoms with E-state index < -0.39 is 0 Å². The van der Waals surface area contributed by atoms with Crippen molar-refractivity contribution in [3.63, 3.8) is 0 Å². The molecule has 1 N–H and O–H groups in total. The highest BCUT2D eigenvalue weighted by atomic mass is 32.2. The van der Waals surface area contributed by atoms with Crippen molar-refractivity contribution in [1.29, 1.82) is 0 Å². The number of rotatable bonds is 7. The van der Waals surface area contributed by atoms with Crippen LogP contribution in [-0.4, -0.2) is 33.0 Å². The predicted molar refractivity (Wildman–Crippen MR) is 87.4 cm³/mol. The summed E-state index contributed by atoms with van der Waals surface area (Å²) in [5, 5.41) is 12.3. The minimum absolute atomic E-state index is 0.0439. The molecule has 2 aromatic rings. The minimum atomic E-state index is 0.0439. The topological polar surface area (TPSA) is 59.8 Å². The first-order chi connectivity index (χ1) is 10.8. The number of para-hydroxylation sites is 1. The SMILES string of the molecule is CCCNC(=O)CSc1nnc(C2CC2)n1-c1ccccc1. The highest BCUT2D eigenvalue weighted by molar-refractivity contribution is 7.99. The molecule has 0 spiro atoms. The number of nitrogens with zero attached hydrogens (tertiary/aromatic N) is 3. The third-order valence-electron chi connectivity index (χ3n) is 3.52. The predicted octanol–water partition coefficient (Wildman–Crippen LogP) is 2.76. The molecule has 3 rings (SSSR count). The molecule has 0 saturated heterocycles. The summed E-state index contributed by atoms with van der Waals surface area (Å²) in [5.41, 5.74) is 1.06. The van der Waals surface area contributed by atoms with Crippen LogP contribution < -0.4 is 5.32 Å². The Morgan fingerprint density at radius 1 is 1.32 bits per heavy atom. The van der Waals surface area contributed by atoms with Crippen molar-refractivity contribution < 1.29 is 4.79 Å². The Bertz CT molecular complexity index is 637. The number of aromatic nitrogens is 3. The average molecular weight is 316 g/mol. The van der Waals surface area contributed by atoms with Crippen molar-refractivity contribution in [2.24, 2.45) is 0 Å². The summed E-state index contributed by atoms with van der Waals surface area (Å²) in [6.07, 6.45) is 3.29. The molecule has 1 fully saturated rings. The van der Waals surface area contributed by atoms with Crippen molar-refractivity contribution in [2.45, 2.75) is 37.3 Å². The molecule has 1 aromatic heterocycles. The number of hydrogen-bond acceptors (Lipinski definition) is 4. The van der Waals surface area contributed by atoms with Gasteiger partial charge in [0.05, 0.1) is 5.75 Å². The van der Waals surface area contributed by atoms with Gasteiger partial charge >= 0.3 is 0 Å². The van der Waals surface area contributed by atoms with E-state index in [9.17, 15) is 4.79 Å². The van der Waals surface area contributed by atoms with Crippen LogP contribution in [0.4, 0.5) is 0 Å². The number of amides is 1. The Balaban J connectivity index is 1.78. The van der Waals surface area contributed by atoms with Crippen LogP contribution in [0.5, 0.6) is 0 Å². The Labute approximate surface area is 134 Å². The van der Waals surface area contributed by atoms with E-state index in [1.807, 2.05) is 25.1 Å². The van der Waals surface area contributed by atoms with Gasteiger partial charge in [-0.25, -0.2) is 0 Å². The monoisotopic (exact) mass is 316 g/mol. The van der Waals surface area contributed by atoms with Gasteiger partial charge in [0.2, 0.25) is 5.91 Å². The van der Waals surface area contributed by atoms with Gasteiger partial charge < -0.3 is 5.32 Å². The maximum Gasteiger partial charge on any atom is 0.230 e. The molecule has 0 aliphatic heterocycles. The Kier molecular flexibility index (Phi) is 4.77. The molecule has 0 unspecified atom stereocenters. The van der Waals surface area contributed by atoms with Crippen molar-refractivity contribution in [3.8, 4) is 5.69 Å². The zero-order chi connectivity index (χ0) is 15.4. The third kappa shape index (κ3) is 3.50. The fourth-order valence-corrected chi connectivity index (χ4v) is 3.03. The van der Waals surface area contributed by atoms with Gasteiger partial charge in [0.15, 0.2) is 5.16 Å². The summed E-state index contributed by atoms with van der Waals surface area (Å²) < 4.78 is 2.09. The molecule has 1 aliphatic rings. The van der Waals surface area contributed by atoms with E-state index in [1.165, 1.54) is 24.6 Å². The number of benzene rings is 1.